The first-order valence-corrected chi connectivity index (χ1v) is 9.03. The van der Waals surface area contributed by atoms with Crippen molar-refractivity contribution in [1.82, 2.24) is 25.0 Å². The smallest absolute Gasteiger partial charge is 0.336 e. The molecule has 4 rings (SSSR count). The van der Waals surface area contributed by atoms with Gasteiger partial charge in [0.25, 0.3) is 5.91 Å². The predicted octanol–water partition coefficient (Wildman–Crippen LogP) is 2.42. The first kappa shape index (κ1) is 18.0. The summed E-state index contributed by atoms with van der Waals surface area (Å²) in [6.45, 7) is 2.79. The molecule has 2 aromatic rings. The number of hydrogen-bond donors (Lipinski definition) is 1. The Morgan fingerprint density at radius 3 is 2.59 bits per heavy atom. The van der Waals surface area contributed by atoms with Crippen molar-refractivity contribution in [3.63, 3.8) is 0 Å². The van der Waals surface area contributed by atoms with E-state index in [0.29, 0.717) is 50.4 Å². The van der Waals surface area contributed by atoms with Crippen LogP contribution in [-0.4, -0.2) is 45.2 Å². The van der Waals surface area contributed by atoms with Crippen molar-refractivity contribution in [2.45, 2.75) is 38.0 Å². The molecule has 0 unspecified atom stereocenters. The van der Waals surface area contributed by atoms with E-state index in [1.807, 2.05) is 4.57 Å². The molecular weight excluding hydrogens is 359 g/mol. The summed E-state index contributed by atoms with van der Waals surface area (Å²) in [5.41, 5.74) is -0.253. The average Bonchev–Trinajstić information content (AvgIpc) is 3.11. The number of carbonyl (C=O) groups excluding carboxylic acids is 1. The van der Waals surface area contributed by atoms with Gasteiger partial charge in [-0.2, -0.15) is 13.2 Å². The Kier molecular flexibility index (Phi) is 4.63. The van der Waals surface area contributed by atoms with Crippen LogP contribution in [0.3, 0.4) is 0 Å². The molecular formula is C18H20F3N5O. The molecule has 1 aromatic carbocycles. The number of likely N-dealkylation sites (tertiary alicyclic amines) is 1. The Hall–Kier alpha value is -2.42. The molecule has 0 atom stereocenters. The SMILES string of the molecule is O=C(c1nnc2n1CCNC2)N1CCC(c2ccccc2C(F)(F)F)CC1. The van der Waals surface area contributed by atoms with Crippen LogP contribution in [-0.2, 0) is 19.3 Å². The zero-order chi connectivity index (χ0) is 19.0. The summed E-state index contributed by atoms with van der Waals surface area (Å²) in [6.07, 6.45) is -3.36. The van der Waals surface area contributed by atoms with Gasteiger partial charge in [0.2, 0.25) is 5.82 Å². The van der Waals surface area contributed by atoms with Crippen LogP contribution >= 0.6 is 0 Å². The minimum atomic E-state index is -4.36. The minimum Gasteiger partial charge on any atom is -0.336 e. The number of aromatic nitrogens is 3. The number of nitrogens with one attached hydrogen (secondary N) is 1. The Morgan fingerprint density at radius 2 is 1.85 bits per heavy atom. The Labute approximate surface area is 154 Å². The molecule has 1 aromatic heterocycles. The monoisotopic (exact) mass is 379 g/mol. The summed E-state index contributed by atoms with van der Waals surface area (Å²) in [5.74, 6) is 0.654. The molecule has 0 spiro atoms. The number of halogens is 3. The number of piperidine rings is 1. The molecule has 3 heterocycles. The van der Waals surface area contributed by atoms with E-state index in [9.17, 15) is 18.0 Å². The van der Waals surface area contributed by atoms with Gasteiger partial charge in [-0.3, -0.25) is 4.79 Å². The van der Waals surface area contributed by atoms with Crippen LogP contribution in [0.2, 0.25) is 0 Å². The molecule has 2 aliphatic heterocycles. The van der Waals surface area contributed by atoms with Gasteiger partial charge >= 0.3 is 6.18 Å². The Balaban J connectivity index is 1.47. The van der Waals surface area contributed by atoms with E-state index in [-0.39, 0.29) is 11.8 Å². The highest BCUT2D eigenvalue weighted by atomic mass is 19.4. The van der Waals surface area contributed by atoms with Crippen LogP contribution in [0.15, 0.2) is 24.3 Å². The second-order valence-electron chi connectivity index (χ2n) is 6.92. The highest BCUT2D eigenvalue weighted by molar-refractivity contribution is 5.90. The van der Waals surface area contributed by atoms with Gasteiger partial charge in [0.1, 0.15) is 5.82 Å². The van der Waals surface area contributed by atoms with E-state index in [2.05, 4.69) is 15.5 Å². The van der Waals surface area contributed by atoms with Crippen molar-refractivity contribution in [3.05, 3.63) is 47.0 Å². The number of alkyl halides is 3. The van der Waals surface area contributed by atoms with Crippen molar-refractivity contribution in [3.8, 4) is 0 Å². The first-order valence-electron chi connectivity index (χ1n) is 9.03. The van der Waals surface area contributed by atoms with E-state index < -0.39 is 11.7 Å². The summed E-state index contributed by atoms with van der Waals surface area (Å²) in [4.78, 5) is 14.5. The lowest BCUT2D eigenvalue weighted by atomic mass is 9.86. The second-order valence-corrected chi connectivity index (χ2v) is 6.92. The largest absolute Gasteiger partial charge is 0.416 e. The van der Waals surface area contributed by atoms with Crippen LogP contribution in [0.25, 0.3) is 0 Å². The lowest BCUT2D eigenvalue weighted by molar-refractivity contribution is -0.138. The van der Waals surface area contributed by atoms with Crippen LogP contribution in [0, 0.1) is 0 Å². The highest BCUT2D eigenvalue weighted by Gasteiger charge is 2.36. The maximum Gasteiger partial charge on any atom is 0.416 e. The zero-order valence-corrected chi connectivity index (χ0v) is 14.7. The van der Waals surface area contributed by atoms with Gasteiger partial charge < -0.3 is 14.8 Å². The molecule has 0 bridgehead atoms. The number of benzene rings is 1. The molecule has 0 radical (unpaired) electrons. The zero-order valence-electron chi connectivity index (χ0n) is 14.7. The topological polar surface area (TPSA) is 63.1 Å². The first-order chi connectivity index (χ1) is 12.9. The summed E-state index contributed by atoms with van der Waals surface area (Å²) >= 11 is 0. The number of amides is 1. The van der Waals surface area contributed by atoms with Gasteiger partial charge in [0, 0.05) is 26.2 Å². The van der Waals surface area contributed by atoms with E-state index in [1.165, 1.54) is 6.07 Å². The molecule has 2 aliphatic rings. The molecule has 0 saturated carbocycles. The Morgan fingerprint density at radius 1 is 1.11 bits per heavy atom. The summed E-state index contributed by atoms with van der Waals surface area (Å²) in [5, 5.41) is 11.3. The van der Waals surface area contributed by atoms with Gasteiger partial charge in [-0.1, -0.05) is 18.2 Å². The number of fused-ring (bicyclic) bond motifs is 1. The van der Waals surface area contributed by atoms with Crippen LogP contribution in [0.4, 0.5) is 13.2 Å². The van der Waals surface area contributed by atoms with E-state index >= 15 is 0 Å². The summed E-state index contributed by atoms with van der Waals surface area (Å²) in [6, 6.07) is 5.73. The number of hydrogen-bond acceptors (Lipinski definition) is 4. The van der Waals surface area contributed by atoms with Gasteiger partial charge in [-0.05, 0) is 30.4 Å². The molecule has 0 aliphatic carbocycles. The normalized spacial score (nSPS) is 18.4. The van der Waals surface area contributed by atoms with Crippen molar-refractivity contribution in [1.29, 1.82) is 0 Å². The standard InChI is InChI=1S/C18H20F3N5O/c19-18(20,21)14-4-2-1-3-13(14)12-5-8-25(9-6-12)17(27)16-24-23-15-11-22-7-10-26(15)16/h1-4,12,22H,5-11H2. The van der Waals surface area contributed by atoms with Crippen LogP contribution in [0.5, 0.6) is 0 Å². The van der Waals surface area contributed by atoms with Crippen LogP contribution < -0.4 is 5.32 Å². The predicted molar refractivity (Wildman–Crippen MR) is 91.1 cm³/mol. The highest BCUT2D eigenvalue weighted by Crippen LogP contribution is 2.38. The lowest BCUT2D eigenvalue weighted by Gasteiger charge is -2.33. The third-order valence-corrected chi connectivity index (χ3v) is 5.30. The molecule has 1 saturated heterocycles. The quantitative estimate of drug-likeness (QED) is 0.871. The third kappa shape index (κ3) is 3.43. The Bertz CT molecular complexity index is 840. The van der Waals surface area contributed by atoms with Crippen molar-refractivity contribution in [2.24, 2.45) is 0 Å². The molecule has 27 heavy (non-hydrogen) atoms. The lowest BCUT2D eigenvalue weighted by Crippen LogP contribution is -2.40. The molecule has 1 amide bonds. The fourth-order valence-electron chi connectivity index (χ4n) is 3.90. The van der Waals surface area contributed by atoms with Gasteiger partial charge in [-0.25, -0.2) is 0 Å². The van der Waals surface area contributed by atoms with Gasteiger partial charge in [0.15, 0.2) is 0 Å². The van der Waals surface area contributed by atoms with Crippen molar-refractivity contribution < 1.29 is 18.0 Å². The molecule has 144 valence electrons. The molecule has 1 N–H and O–H groups in total. The van der Waals surface area contributed by atoms with Crippen molar-refractivity contribution >= 4 is 5.91 Å². The maximum absolute atomic E-state index is 13.3. The summed E-state index contributed by atoms with van der Waals surface area (Å²) < 4.78 is 41.6. The van der Waals surface area contributed by atoms with Crippen LogP contribution in [0.1, 0.15) is 46.3 Å². The minimum absolute atomic E-state index is 0.196. The van der Waals surface area contributed by atoms with E-state index in [4.69, 9.17) is 0 Å². The molecule has 6 nitrogen and oxygen atoms in total. The maximum atomic E-state index is 13.3. The molecule has 1 fully saturated rings. The van der Waals surface area contributed by atoms with Gasteiger partial charge in [-0.15, -0.1) is 10.2 Å². The second kappa shape index (κ2) is 6.95. The fraction of sp³-hybridized carbons (Fsp3) is 0.500. The summed E-state index contributed by atoms with van der Waals surface area (Å²) in [7, 11) is 0. The van der Waals surface area contributed by atoms with Gasteiger partial charge in [0.05, 0.1) is 12.1 Å². The fourth-order valence-corrected chi connectivity index (χ4v) is 3.90. The number of rotatable bonds is 2. The van der Waals surface area contributed by atoms with E-state index in [0.717, 1.165) is 18.4 Å². The number of nitrogens with zero attached hydrogens (tertiary/aromatic N) is 4. The van der Waals surface area contributed by atoms with E-state index in [1.54, 1.807) is 17.0 Å². The average molecular weight is 379 g/mol. The number of carbonyl (C=O) groups is 1. The van der Waals surface area contributed by atoms with Crippen molar-refractivity contribution in [2.75, 3.05) is 19.6 Å². The third-order valence-electron chi connectivity index (χ3n) is 5.30. The molecule has 9 heteroatoms.